The Morgan fingerprint density at radius 2 is 1.91 bits per heavy atom. The molecule has 1 aromatic heterocycles. The first-order valence-corrected chi connectivity index (χ1v) is 9.18. The number of fused-ring (bicyclic) bond motifs is 1. The van der Waals surface area contributed by atoms with Gasteiger partial charge in [0.15, 0.2) is 0 Å². The minimum absolute atomic E-state index is 0.107. The molecule has 2 aromatic rings. The van der Waals surface area contributed by atoms with E-state index < -0.39 is 10.8 Å². The number of carbonyl (C=O) groups excluding carboxylic acids is 1. The maximum Gasteiger partial charge on any atom is 0.272 e. The van der Waals surface area contributed by atoms with Crippen LogP contribution >= 0.6 is 0 Å². The number of rotatable bonds is 5. The second-order valence-corrected chi connectivity index (χ2v) is 7.42. The number of hydrogen-bond acceptors (Lipinski definition) is 4. The van der Waals surface area contributed by atoms with E-state index in [4.69, 9.17) is 0 Å². The Labute approximate surface area is 139 Å². The highest BCUT2D eigenvalue weighted by molar-refractivity contribution is 7.84. The molecule has 2 atom stereocenters. The Morgan fingerprint density at radius 1 is 1.26 bits per heavy atom. The van der Waals surface area contributed by atoms with Crippen LogP contribution in [0, 0.1) is 0 Å². The molecule has 6 heteroatoms. The molecule has 0 aliphatic rings. The summed E-state index contributed by atoms with van der Waals surface area (Å²) in [5.41, 5.74) is 2.16. The van der Waals surface area contributed by atoms with Gasteiger partial charge in [0, 0.05) is 61.1 Å². The molecule has 1 heterocycles. The zero-order valence-electron chi connectivity index (χ0n) is 14.2. The van der Waals surface area contributed by atoms with E-state index in [1.54, 1.807) is 18.2 Å². The van der Waals surface area contributed by atoms with Crippen LogP contribution in [0.4, 0.5) is 5.69 Å². The van der Waals surface area contributed by atoms with Crippen LogP contribution in [0.15, 0.2) is 30.3 Å². The van der Waals surface area contributed by atoms with Crippen LogP contribution in [0.2, 0.25) is 0 Å². The van der Waals surface area contributed by atoms with Crippen molar-refractivity contribution in [1.29, 1.82) is 0 Å². The molecule has 0 radical (unpaired) electrons. The fourth-order valence-corrected chi connectivity index (χ4v) is 3.37. The standard InChI is InChI=1S/C17H23N3O2S/c1-12(11-23(5)22)20(4)17(21)15-10-16(19(2)3)13-8-6-7-9-14(13)18-15/h6-10,12H,11H2,1-5H3/t12-,23+/m1/s1. The summed E-state index contributed by atoms with van der Waals surface area (Å²) < 4.78 is 11.4. The molecule has 0 aliphatic heterocycles. The van der Waals surface area contributed by atoms with E-state index in [0.29, 0.717) is 11.4 Å². The molecule has 1 aromatic carbocycles. The monoisotopic (exact) mass is 333 g/mol. The summed E-state index contributed by atoms with van der Waals surface area (Å²) in [6, 6.07) is 9.49. The van der Waals surface area contributed by atoms with E-state index in [0.717, 1.165) is 16.6 Å². The van der Waals surface area contributed by atoms with Gasteiger partial charge in [-0.3, -0.25) is 9.00 Å². The van der Waals surface area contributed by atoms with E-state index in [-0.39, 0.29) is 11.9 Å². The highest BCUT2D eigenvalue weighted by Crippen LogP contribution is 2.25. The van der Waals surface area contributed by atoms with E-state index in [9.17, 15) is 9.00 Å². The maximum atomic E-state index is 12.7. The Bertz CT molecular complexity index is 746. The molecule has 0 unspecified atom stereocenters. The van der Waals surface area contributed by atoms with Crippen molar-refractivity contribution in [2.24, 2.45) is 0 Å². The van der Waals surface area contributed by atoms with Gasteiger partial charge in [0.1, 0.15) is 5.69 Å². The Hall–Kier alpha value is -1.95. The van der Waals surface area contributed by atoms with Crippen LogP contribution in [-0.2, 0) is 10.8 Å². The van der Waals surface area contributed by atoms with Crippen molar-refractivity contribution in [3.05, 3.63) is 36.0 Å². The van der Waals surface area contributed by atoms with Gasteiger partial charge in [-0.25, -0.2) is 4.98 Å². The van der Waals surface area contributed by atoms with Crippen molar-refractivity contribution < 1.29 is 9.00 Å². The molecule has 0 saturated heterocycles. The molecule has 0 N–H and O–H groups in total. The molecule has 124 valence electrons. The van der Waals surface area contributed by atoms with Gasteiger partial charge in [0.2, 0.25) is 0 Å². The highest BCUT2D eigenvalue weighted by Gasteiger charge is 2.21. The number of anilines is 1. The predicted molar refractivity (Wildman–Crippen MR) is 96.6 cm³/mol. The predicted octanol–water partition coefficient (Wildman–Crippen LogP) is 2.14. The van der Waals surface area contributed by atoms with Crippen molar-refractivity contribution in [1.82, 2.24) is 9.88 Å². The van der Waals surface area contributed by atoms with Crippen LogP contribution in [0.1, 0.15) is 17.4 Å². The highest BCUT2D eigenvalue weighted by atomic mass is 32.2. The first kappa shape index (κ1) is 17.4. The van der Waals surface area contributed by atoms with Crippen LogP contribution in [-0.4, -0.2) is 59.2 Å². The van der Waals surface area contributed by atoms with E-state index in [2.05, 4.69) is 4.98 Å². The zero-order valence-corrected chi connectivity index (χ0v) is 15.1. The average Bonchev–Trinajstić information content (AvgIpc) is 2.51. The molecule has 0 bridgehead atoms. The number of nitrogens with zero attached hydrogens (tertiary/aromatic N) is 3. The summed E-state index contributed by atoms with van der Waals surface area (Å²) in [5, 5.41) is 1.01. The summed E-state index contributed by atoms with van der Waals surface area (Å²) in [4.78, 5) is 20.8. The fraction of sp³-hybridized carbons (Fsp3) is 0.412. The molecule has 0 aliphatic carbocycles. The molecular formula is C17H23N3O2S. The summed E-state index contributed by atoms with van der Waals surface area (Å²) in [7, 11) is 4.68. The van der Waals surface area contributed by atoms with Crippen molar-refractivity contribution >= 4 is 33.3 Å². The molecule has 1 amide bonds. The van der Waals surface area contributed by atoms with Gasteiger partial charge in [0.05, 0.1) is 5.52 Å². The van der Waals surface area contributed by atoms with Gasteiger partial charge < -0.3 is 9.80 Å². The smallest absolute Gasteiger partial charge is 0.272 e. The molecule has 0 spiro atoms. The van der Waals surface area contributed by atoms with Crippen LogP contribution in [0.5, 0.6) is 0 Å². The summed E-state index contributed by atoms with van der Waals surface area (Å²) >= 11 is 0. The molecule has 0 saturated carbocycles. The minimum Gasteiger partial charge on any atom is -0.377 e. The van der Waals surface area contributed by atoms with Gasteiger partial charge in [-0.05, 0) is 19.1 Å². The second kappa shape index (κ2) is 7.08. The number of para-hydroxylation sites is 1. The summed E-state index contributed by atoms with van der Waals surface area (Å²) in [5.74, 6) is 0.299. The van der Waals surface area contributed by atoms with E-state index in [1.165, 1.54) is 0 Å². The Kier molecular flexibility index (Phi) is 5.36. The topological polar surface area (TPSA) is 53.5 Å². The lowest BCUT2D eigenvalue weighted by molar-refractivity contribution is 0.0752. The minimum atomic E-state index is -0.946. The van der Waals surface area contributed by atoms with Gasteiger partial charge in [0.25, 0.3) is 5.91 Å². The third kappa shape index (κ3) is 3.88. The molecule has 0 fully saturated rings. The fourth-order valence-electron chi connectivity index (χ4n) is 2.47. The zero-order chi connectivity index (χ0) is 17.1. The maximum absolute atomic E-state index is 12.7. The third-order valence-corrected chi connectivity index (χ3v) is 4.80. The average molecular weight is 333 g/mol. The van der Waals surface area contributed by atoms with Gasteiger partial charge >= 0.3 is 0 Å². The van der Waals surface area contributed by atoms with Crippen LogP contribution in [0.25, 0.3) is 10.9 Å². The third-order valence-electron chi connectivity index (χ3n) is 3.85. The number of amides is 1. The number of pyridine rings is 1. The lowest BCUT2D eigenvalue weighted by Crippen LogP contribution is -2.38. The first-order valence-electron chi connectivity index (χ1n) is 7.45. The van der Waals surface area contributed by atoms with Gasteiger partial charge in [-0.2, -0.15) is 0 Å². The molecular weight excluding hydrogens is 310 g/mol. The first-order chi connectivity index (χ1) is 10.8. The summed E-state index contributed by atoms with van der Waals surface area (Å²) in [6.45, 7) is 1.90. The SMILES string of the molecule is C[C@H](C[S@](C)=O)N(C)C(=O)c1cc(N(C)C)c2ccccc2n1. The van der Waals surface area contributed by atoms with Gasteiger partial charge in [-0.1, -0.05) is 18.2 Å². The normalized spacial score (nSPS) is 13.6. The van der Waals surface area contributed by atoms with Crippen molar-refractivity contribution in [2.45, 2.75) is 13.0 Å². The second-order valence-electron chi connectivity index (χ2n) is 5.94. The molecule has 5 nitrogen and oxygen atoms in total. The van der Waals surface area contributed by atoms with E-state index in [1.807, 2.05) is 56.3 Å². The number of aromatic nitrogens is 1. The van der Waals surface area contributed by atoms with E-state index >= 15 is 0 Å². The largest absolute Gasteiger partial charge is 0.377 e. The molecule has 23 heavy (non-hydrogen) atoms. The lowest BCUT2D eigenvalue weighted by Gasteiger charge is -2.25. The van der Waals surface area contributed by atoms with Crippen molar-refractivity contribution in [3.63, 3.8) is 0 Å². The number of carbonyl (C=O) groups is 1. The van der Waals surface area contributed by atoms with Gasteiger partial charge in [-0.15, -0.1) is 0 Å². The Balaban J connectivity index is 2.43. The number of benzene rings is 1. The van der Waals surface area contributed by atoms with Crippen molar-refractivity contribution in [2.75, 3.05) is 38.1 Å². The Morgan fingerprint density at radius 3 is 2.52 bits per heavy atom. The lowest BCUT2D eigenvalue weighted by atomic mass is 10.1. The van der Waals surface area contributed by atoms with Crippen LogP contribution in [0.3, 0.4) is 0 Å². The quantitative estimate of drug-likeness (QED) is 0.841. The number of hydrogen-bond donors (Lipinski definition) is 0. The molecule has 2 rings (SSSR count). The summed E-state index contributed by atoms with van der Waals surface area (Å²) in [6.07, 6.45) is 1.65. The van der Waals surface area contributed by atoms with Crippen molar-refractivity contribution in [3.8, 4) is 0 Å². The van der Waals surface area contributed by atoms with Crippen LogP contribution < -0.4 is 4.90 Å².